The predicted molar refractivity (Wildman–Crippen MR) is 91.7 cm³/mol. The summed E-state index contributed by atoms with van der Waals surface area (Å²) in [6.07, 6.45) is 0. The Balaban J connectivity index is 1.59. The van der Waals surface area contributed by atoms with Gasteiger partial charge in [0, 0.05) is 25.1 Å². The Labute approximate surface area is 149 Å². The lowest BCUT2D eigenvalue weighted by Crippen LogP contribution is -2.24. The van der Waals surface area contributed by atoms with Crippen molar-refractivity contribution in [1.29, 1.82) is 0 Å². The zero-order valence-corrected chi connectivity index (χ0v) is 14.6. The van der Waals surface area contributed by atoms with Crippen LogP contribution in [0.3, 0.4) is 0 Å². The second-order valence-electron chi connectivity index (χ2n) is 5.62. The van der Waals surface area contributed by atoms with Gasteiger partial charge in [0.1, 0.15) is 28.8 Å². The summed E-state index contributed by atoms with van der Waals surface area (Å²) in [5, 5.41) is 3.86. The largest absolute Gasteiger partial charge is 0.491 e. The maximum absolute atomic E-state index is 12.2. The molecular weight excluding hydrogens is 358 g/mol. The average molecular weight is 373 g/mol. The second-order valence-corrected chi connectivity index (χ2v) is 7.35. The van der Waals surface area contributed by atoms with E-state index in [0.29, 0.717) is 29.0 Å². The molecule has 0 saturated carbocycles. The number of aromatic nitrogens is 2. The number of nitrogens with one attached hydrogen (secondary N) is 1. The van der Waals surface area contributed by atoms with E-state index in [4.69, 9.17) is 14.0 Å². The first-order valence-electron chi connectivity index (χ1n) is 7.86. The number of rotatable bonds is 3. The Hall–Kier alpha value is -2.91. The summed E-state index contributed by atoms with van der Waals surface area (Å²) in [7, 11) is -3.62. The molecule has 2 aromatic carbocycles. The molecule has 0 unspecified atom stereocenters. The highest BCUT2D eigenvalue weighted by Gasteiger charge is 2.23. The van der Waals surface area contributed by atoms with Crippen molar-refractivity contribution in [2.45, 2.75) is 11.8 Å². The molecule has 2 heterocycles. The minimum atomic E-state index is -3.62. The van der Waals surface area contributed by atoms with Crippen LogP contribution in [0.1, 0.15) is 5.89 Å². The molecule has 1 aromatic heterocycles. The first-order chi connectivity index (χ1) is 12.5. The van der Waals surface area contributed by atoms with Gasteiger partial charge in [0.25, 0.3) is 0 Å². The zero-order valence-electron chi connectivity index (χ0n) is 13.8. The van der Waals surface area contributed by atoms with Gasteiger partial charge in [-0.15, -0.1) is 0 Å². The third-order valence-electron chi connectivity index (χ3n) is 3.73. The van der Waals surface area contributed by atoms with Crippen LogP contribution in [-0.4, -0.2) is 31.7 Å². The molecule has 26 heavy (non-hydrogen) atoms. The molecule has 0 bridgehead atoms. The van der Waals surface area contributed by atoms with Crippen molar-refractivity contribution in [2.24, 2.45) is 0 Å². The zero-order chi connectivity index (χ0) is 18.1. The summed E-state index contributed by atoms with van der Waals surface area (Å²) in [6, 6.07) is 11.8. The number of benzene rings is 2. The minimum absolute atomic E-state index is 0.0615. The molecule has 1 aliphatic rings. The Kier molecular flexibility index (Phi) is 4.09. The minimum Gasteiger partial charge on any atom is -0.491 e. The van der Waals surface area contributed by atoms with Crippen molar-refractivity contribution >= 4 is 10.0 Å². The predicted octanol–water partition coefficient (Wildman–Crippen LogP) is 2.51. The van der Waals surface area contributed by atoms with E-state index in [1.54, 1.807) is 43.3 Å². The number of hydrogen-bond donors (Lipinski definition) is 1. The number of sulfonamides is 1. The molecule has 0 atom stereocenters. The molecule has 3 aromatic rings. The first-order valence-corrected chi connectivity index (χ1v) is 9.35. The van der Waals surface area contributed by atoms with Crippen molar-refractivity contribution in [2.75, 3.05) is 13.2 Å². The monoisotopic (exact) mass is 373 g/mol. The van der Waals surface area contributed by atoms with Gasteiger partial charge in [-0.3, -0.25) is 0 Å². The maximum Gasteiger partial charge on any atom is 0.244 e. The molecule has 1 aliphatic heterocycles. The summed E-state index contributed by atoms with van der Waals surface area (Å²) < 4.78 is 43.1. The summed E-state index contributed by atoms with van der Waals surface area (Å²) >= 11 is 0. The molecule has 0 amide bonds. The van der Waals surface area contributed by atoms with Crippen LogP contribution in [0, 0.1) is 6.92 Å². The van der Waals surface area contributed by atoms with Crippen LogP contribution in [0.15, 0.2) is 51.9 Å². The lowest BCUT2D eigenvalue weighted by molar-refractivity contribution is 0.320. The summed E-state index contributed by atoms with van der Waals surface area (Å²) in [6.45, 7) is 2.23. The smallest absolute Gasteiger partial charge is 0.244 e. The quantitative estimate of drug-likeness (QED) is 0.752. The van der Waals surface area contributed by atoms with Crippen LogP contribution in [0.4, 0.5) is 0 Å². The lowest BCUT2D eigenvalue weighted by Gasteiger charge is -2.10. The maximum atomic E-state index is 12.2. The standard InChI is InChI=1S/C17H15N3O5S/c1-11-19-17(20-25-11)12-2-4-13(5-3-12)24-14-6-7-15-16(10-14)26(21,22)18-8-9-23-15/h2-7,10,18H,8-9H2,1H3. The molecule has 0 aliphatic carbocycles. The van der Waals surface area contributed by atoms with E-state index in [2.05, 4.69) is 14.9 Å². The van der Waals surface area contributed by atoms with Crippen LogP contribution in [0.25, 0.3) is 11.4 Å². The van der Waals surface area contributed by atoms with Gasteiger partial charge >= 0.3 is 0 Å². The molecule has 4 rings (SSSR count). The van der Waals surface area contributed by atoms with Crippen molar-refractivity contribution in [1.82, 2.24) is 14.9 Å². The SMILES string of the molecule is Cc1nc(-c2ccc(Oc3ccc4c(c3)S(=O)(=O)NCCO4)cc2)no1. The second kappa shape index (κ2) is 6.43. The highest BCUT2D eigenvalue weighted by atomic mass is 32.2. The molecule has 0 radical (unpaired) electrons. The van der Waals surface area contributed by atoms with Crippen LogP contribution in [0.2, 0.25) is 0 Å². The molecule has 0 fully saturated rings. The van der Waals surface area contributed by atoms with E-state index >= 15 is 0 Å². The van der Waals surface area contributed by atoms with Gasteiger partial charge in [-0.25, -0.2) is 13.1 Å². The van der Waals surface area contributed by atoms with Crippen LogP contribution < -0.4 is 14.2 Å². The van der Waals surface area contributed by atoms with Crippen molar-refractivity contribution in [3.8, 4) is 28.6 Å². The highest BCUT2D eigenvalue weighted by molar-refractivity contribution is 7.89. The molecule has 134 valence electrons. The fourth-order valence-corrected chi connectivity index (χ4v) is 3.69. The molecule has 8 nitrogen and oxygen atoms in total. The van der Waals surface area contributed by atoms with Gasteiger partial charge < -0.3 is 14.0 Å². The number of fused-ring (bicyclic) bond motifs is 1. The van der Waals surface area contributed by atoms with E-state index < -0.39 is 10.0 Å². The number of aryl methyl sites for hydroxylation is 1. The normalized spacial score (nSPS) is 15.6. The summed E-state index contributed by atoms with van der Waals surface area (Å²) in [4.78, 5) is 4.22. The Morgan fingerprint density at radius 1 is 1.12 bits per heavy atom. The van der Waals surface area contributed by atoms with Gasteiger partial charge in [0.15, 0.2) is 0 Å². The lowest BCUT2D eigenvalue weighted by atomic mass is 10.2. The molecule has 9 heteroatoms. The average Bonchev–Trinajstić information content (AvgIpc) is 3.00. The molecule has 0 saturated heterocycles. The summed E-state index contributed by atoms with van der Waals surface area (Å²) in [5.41, 5.74) is 0.788. The van der Waals surface area contributed by atoms with E-state index in [1.807, 2.05) is 0 Å². The number of hydrogen-bond acceptors (Lipinski definition) is 7. The molecular formula is C17H15N3O5S. The Morgan fingerprint density at radius 3 is 2.62 bits per heavy atom. The van der Waals surface area contributed by atoms with E-state index in [9.17, 15) is 8.42 Å². The third kappa shape index (κ3) is 3.26. The molecule has 1 N–H and O–H groups in total. The highest BCUT2D eigenvalue weighted by Crippen LogP contribution is 2.32. The Bertz CT molecular complexity index is 1040. The van der Waals surface area contributed by atoms with Crippen molar-refractivity contribution in [3.63, 3.8) is 0 Å². The van der Waals surface area contributed by atoms with Crippen LogP contribution in [-0.2, 0) is 10.0 Å². The van der Waals surface area contributed by atoms with Gasteiger partial charge in [-0.05, 0) is 36.4 Å². The van der Waals surface area contributed by atoms with E-state index in [-0.39, 0.29) is 18.0 Å². The van der Waals surface area contributed by atoms with Crippen molar-refractivity contribution in [3.05, 3.63) is 48.4 Å². The fourth-order valence-electron chi connectivity index (χ4n) is 2.52. The van der Waals surface area contributed by atoms with Gasteiger partial charge in [-0.2, -0.15) is 4.98 Å². The topological polar surface area (TPSA) is 104 Å². The fraction of sp³-hybridized carbons (Fsp3) is 0.176. The number of ether oxygens (including phenoxy) is 2. The van der Waals surface area contributed by atoms with Crippen molar-refractivity contribution < 1.29 is 22.4 Å². The van der Waals surface area contributed by atoms with Crippen LogP contribution in [0.5, 0.6) is 17.2 Å². The number of nitrogens with zero attached hydrogens (tertiary/aromatic N) is 2. The third-order valence-corrected chi connectivity index (χ3v) is 5.21. The van der Waals surface area contributed by atoms with E-state index in [1.165, 1.54) is 6.07 Å². The van der Waals surface area contributed by atoms with Crippen LogP contribution >= 0.6 is 0 Å². The van der Waals surface area contributed by atoms with E-state index in [0.717, 1.165) is 5.56 Å². The Morgan fingerprint density at radius 2 is 1.88 bits per heavy atom. The first kappa shape index (κ1) is 16.6. The van der Waals surface area contributed by atoms with Gasteiger partial charge in [-0.1, -0.05) is 5.16 Å². The summed E-state index contributed by atoms with van der Waals surface area (Å²) in [5.74, 6) is 2.23. The molecule has 0 spiro atoms. The van der Waals surface area contributed by atoms with Gasteiger partial charge in [0.2, 0.25) is 21.7 Å². The van der Waals surface area contributed by atoms with Gasteiger partial charge in [0.05, 0.1) is 0 Å².